The van der Waals surface area contributed by atoms with E-state index in [1.807, 2.05) is 0 Å². The molecule has 0 radical (unpaired) electrons. The van der Waals surface area contributed by atoms with Crippen LogP contribution in [-0.4, -0.2) is 25.2 Å². The zero-order valence-electron chi connectivity index (χ0n) is 9.66. The van der Waals surface area contributed by atoms with Gasteiger partial charge in [0.15, 0.2) is 0 Å². The summed E-state index contributed by atoms with van der Waals surface area (Å²) in [4.78, 5) is 15.5. The second-order valence-electron chi connectivity index (χ2n) is 3.45. The molecule has 0 fully saturated rings. The minimum absolute atomic E-state index is 0.133. The van der Waals surface area contributed by atoms with E-state index >= 15 is 0 Å². The number of carbonyl (C=O) groups is 1. The molecule has 1 aromatic heterocycles. The van der Waals surface area contributed by atoms with E-state index in [1.165, 1.54) is 32.5 Å². The predicted molar refractivity (Wildman–Crippen MR) is 67.3 cm³/mol. The van der Waals surface area contributed by atoms with Crippen LogP contribution in [0.4, 0.5) is 4.39 Å². The number of methoxy groups -OCH3 is 2. The van der Waals surface area contributed by atoms with Crippen LogP contribution in [0.2, 0.25) is 0 Å². The molecule has 0 aliphatic carbocycles. The van der Waals surface area contributed by atoms with E-state index in [9.17, 15) is 9.18 Å². The second-order valence-corrected chi connectivity index (χ2v) is 4.24. The highest BCUT2D eigenvalue weighted by atomic mass is 79.9. The quantitative estimate of drug-likeness (QED) is 0.800. The molecule has 1 heterocycles. The SMILES string of the molecule is COC(=O)c1cnc2c(F)ccc(OC)c2c1Br. The summed E-state index contributed by atoms with van der Waals surface area (Å²) in [5.41, 5.74) is 0.350. The number of pyridine rings is 1. The van der Waals surface area contributed by atoms with E-state index in [0.29, 0.717) is 15.6 Å². The van der Waals surface area contributed by atoms with Crippen LogP contribution in [0.1, 0.15) is 10.4 Å². The summed E-state index contributed by atoms with van der Waals surface area (Å²) in [5, 5.41) is 0.403. The lowest BCUT2D eigenvalue weighted by atomic mass is 10.1. The maximum absolute atomic E-state index is 13.6. The van der Waals surface area contributed by atoms with Crippen molar-refractivity contribution in [3.8, 4) is 5.75 Å². The minimum Gasteiger partial charge on any atom is -0.496 e. The molecule has 94 valence electrons. The van der Waals surface area contributed by atoms with Gasteiger partial charge in [-0.05, 0) is 28.1 Å². The number of aromatic nitrogens is 1. The highest BCUT2D eigenvalue weighted by Crippen LogP contribution is 2.35. The molecule has 0 spiro atoms. The molecular formula is C12H9BrFNO3. The Labute approximate surface area is 111 Å². The Bertz CT molecular complexity index is 630. The molecule has 0 saturated carbocycles. The van der Waals surface area contributed by atoms with E-state index < -0.39 is 11.8 Å². The zero-order valence-corrected chi connectivity index (χ0v) is 11.2. The standard InChI is InChI=1S/C12H9BrFNO3/c1-17-8-4-3-7(14)11-9(8)10(13)6(5-15-11)12(16)18-2/h3-5H,1-2H3. The Morgan fingerprint density at radius 2 is 2.11 bits per heavy atom. The van der Waals surface area contributed by atoms with Crippen LogP contribution in [0.3, 0.4) is 0 Å². The third-order valence-corrected chi connectivity index (χ3v) is 3.32. The maximum Gasteiger partial charge on any atom is 0.340 e. The van der Waals surface area contributed by atoms with Gasteiger partial charge in [-0.3, -0.25) is 4.98 Å². The minimum atomic E-state index is -0.553. The van der Waals surface area contributed by atoms with Crippen LogP contribution in [0, 0.1) is 5.82 Å². The first-order valence-electron chi connectivity index (χ1n) is 4.99. The maximum atomic E-state index is 13.6. The third-order valence-electron chi connectivity index (χ3n) is 2.49. The Morgan fingerprint density at radius 3 is 2.72 bits per heavy atom. The summed E-state index contributed by atoms with van der Waals surface area (Å²) in [6, 6.07) is 2.74. The van der Waals surface area contributed by atoms with E-state index in [2.05, 4.69) is 25.7 Å². The van der Waals surface area contributed by atoms with E-state index in [-0.39, 0.29) is 11.1 Å². The molecule has 0 N–H and O–H groups in total. The number of halogens is 2. The van der Waals surface area contributed by atoms with Crippen LogP contribution in [0.25, 0.3) is 10.9 Å². The monoisotopic (exact) mass is 313 g/mol. The van der Waals surface area contributed by atoms with Gasteiger partial charge in [0.2, 0.25) is 0 Å². The average molecular weight is 314 g/mol. The van der Waals surface area contributed by atoms with E-state index in [0.717, 1.165) is 0 Å². The smallest absolute Gasteiger partial charge is 0.340 e. The highest BCUT2D eigenvalue weighted by Gasteiger charge is 2.18. The molecule has 4 nitrogen and oxygen atoms in total. The number of hydrogen-bond acceptors (Lipinski definition) is 4. The molecule has 0 aliphatic heterocycles. The summed E-state index contributed by atoms with van der Waals surface area (Å²) in [6.07, 6.45) is 1.26. The lowest BCUT2D eigenvalue weighted by Crippen LogP contribution is -2.04. The van der Waals surface area contributed by atoms with Gasteiger partial charge in [-0.25, -0.2) is 9.18 Å². The van der Waals surface area contributed by atoms with Gasteiger partial charge in [0, 0.05) is 10.7 Å². The van der Waals surface area contributed by atoms with Crippen molar-refractivity contribution in [2.75, 3.05) is 14.2 Å². The van der Waals surface area contributed by atoms with Crippen molar-refractivity contribution < 1.29 is 18.7 Å². The molecule has 0 saturated heterocycles. The van der Waals surface area contributed by atoms with Crippen LogP contribution in [-0.2, 0) is 4.74 Å². The van der Waals surface area contributed by atoms with E-state index in [4.69, 9.17) is 4.74 Å². The van der Waals surface area contributed by atoms with Gasteiger partial charge in [0.05, 0.1) is 25.2 Å². The normalized spacial score (nSPS) is 10.4. The number of benzene rings is 1. The number of carbonyl (C=O) groups excluding carboxylic acids is 1. The molecule has 2 aromatic rings. The van der Waals surface area contributed by atoms with Gasteiger partial charge >= 0.3 is 5.97 Å². The number of rotatable bonds is 2. The predicted octanol–water partition coefficient (Wildman–Crippen LogP) is 2.93. The summed E-state index contributed by atoms with van der Waals surface area (Å²) in [5.74, 6) is -0.609. The first kappa shape index (κ1) is 12.8. The molecule has 2 rings (SSSR count). The summed E-state index contributed by atoms with van der Waals surface area (Å²) in [6.45, 7) is 0. The average Bonchev–Trinajstić information content (AvgIpc) is 2.39. The molecular weight excluding hydrogens is 305 g/mol. The van der Waals surface area contributed by atoms with Gasteiger partial charge in [-0.1, -0.05) is 0 Å². The Balaban J connectivity index is 2.84. The Hall–Kier alpha value is -1.69. The number of fused-ring (bicyclic) bond motifs is 1. The van der Waals surface area contributed by atoms with Crippen LogP contribution in [0.15, 0.2) is 22.8 Å². The van der Waals surface area contributed by atoms with Crippen molar-refractivity contribution >= 4 is 32.8 Å². The van der Waals surface area contributed by atoms with E-state index in [1.54, 1.807) is 0 Å². The van der Waals surface area contributed by atoms with Gasteiger partial charge in [-0.15, -0.1) is 0 Å². The van der Waals surface area contributed by atoms with Crippen LogP contribution in [0.5, 0.6) is 5.75 Å². The highest BCUT2D eigenvalue weighted by molar-refractivity contribution is 9.10. The topological polar surface area (TPSA) is 48.4 Å². The number of ether oxygens (including phenoxy) is 2. The Morgan fingerprint density at radius 1 is 1.39 bits per heavy atom. The third kappa shape index (κ3) is 1.92. The van der Waals surface area contributed by atoms with Gasteiger partial charge in [0.25, 0.3) is 0 Å². The van der Waals surface area contributed by atoms with Crippen LogP contribution < -0.4 is 4.74 Å². The molecule has 18 heavy (non-hydrogen) atoms. The fourth-order valence-corrected chi connectivity index (χ4v) is 2.28. The summed E-state index contributed by atoms with van der Waals surface area (Å²) < 4.78 is 23.8. The van der Waals surface area contributed by atoms with Crippen molar-refractivity contribution in [3.05, 3.63) is 34.2 Å². The van der Waals surface area contributed by atoms with Crippen molar-refractivity contribution in [2.24, 2.45) is 0 Å². The zero-order chi connectivity index (χ0) is 13.3. The largest absolute Gasteiger partial charge is 0.496 e. The van der Waals surface area contributed by atoms with Crippen molar-refractivity contribution in [3.63, 3.8) is 0 Å². The fourth-order valence-electron chi connectivity index (χ4n) is 1.63. The van der Waals surface area contributed by atoms with Crippen molar-refractivity contribution in [1.29, 1.82) is 0 Å². The summed E-state index contributed by atoms with van der Waals surface area (Å²) in [7, 11) is 2.73. The number of nitrogens with zero attached hydrogens (tertiary/aromatic N) is 1. The Kier molecular flexibility index (Phi) is 3.47. The van der Waals surface area contributed by atoms with Gasteiger partial charge in [-0.2, -0.15) is 0 Å². The van der Waals surface area contributed by atoms with Crippen LogP contribution >= 0.6 is 15.9 Å². The van der Waals surface area contributed by atoms with Gasteiger partial charge in [0.1, 0.15) is 17.1 Å². The number of hydrogen-bond donors (Lipinski definition) is 0. The molecule has 6 heteroatoms. The molecule has 0 atom stereocenters. The lowest BCUT2D eigenvalue weighted by molar-refractivity contribution is 0.0599. The number of esters is 1. The summed E-state index contributed by atoms with van der Waals surface area (Å²) >= 11 is 3.26. The van der Waals surface area contributed by atoms with Crippen molar-refractivity contribution in [1.82, 2.24) is 4.98 Å². The first-order valence-corrected chi connectivity index (χ1v) is 5.78. The molecule has 0 unspecified atom stereocenters. The molecule has 0 bridgehead atoms. The lowest BCUT2D eigenvalue weighted by Gasteiger charge is -2.10. The van der Waals surface area contributed by atoms with Crippen molar-refractivity contribution in [2.45, 2.75) is 0 Å². The molecule has 1 aromatic carbocycles. The van der Waals surface area contributed by atoms with Gasteiger partial charge < -0.3 is 9.47 Å². The fraction of sp³-hybridized carbons (Fsp3) is 0.167. The molecule has 0 amide bonds. The second kappa shape index (κ2) is 4.89. The first-order chi connectivity index (χ1) is 8.60. The molecule has 0 aliphatic rings.